The highest BCUT2D eigenvalue weighted by Gasteiger charge is 2.17. The summed E-state index contributed by atoms with van der Waals surface area (Å²) in [5, 5.41) is 3.47. The molecule has 2 heterocycles. The maximum atomic E-state index is 5.96. The zero-order valence-corrected chi connectivity index (χ0v) is 11.4. The summed E-state index contributed by atoms with van der Waals surface area (Å²) < 4.78 is 11.4. The summed E-state index contributed by atoms with van der Waals surface area (Å²) in [5.74, 6) is 1.64. The van der Waals surface area contributed by atoms with E-state index >= 15 is 0 Å². The van der Waals surface area contributed by atoms with E-state index in [4.69, 9.17) is 9.47 Å². The summed E-state index contributed by atoms with van der Waals surface area (Å²) in [4.78, 5) is 0. The molecule has 0 radical (unpaired) electrons. The first kappa shape index (κ1) is 12.9. The van der Waals surface area contributed by atoms with Gasteiger partial charge in [0, 0.05) is 13.2 Å². The van der Waals surface area contributed by atoms with Crippen molar-refractivity contribution in [2.45, 2.75) is 37.7 Å². The summed E-state index contributed by atoms with van der Waals surface area (Å²) in [5.41, 5.74) is 1.43. The molecular formula is C16H23NO2. The lowest BCUT2D eigenvalue weighted by Gasteiger charge is -2.25. The van der Waals surface area contributed by atoms with Crippen LogP contribution in [0.2, 0.25) is 0 Å². The lowest BCUT2D eigenvalue weighted by Crippen LogP contribution is -2.28. The average Bonchev–Trinajstić information content (AvgIpc) is 2.50. The third kappa shape index (κ3) is 3.48. The van der Waals surface area contributed by atoms with Gasteiger partial charge >= 0.3 is 0 Å². The lowest BCUT2D eigenvalue weighted by atomic mass is 9.92. The molecule has 2 unspecified atom stereocenters. The van der Waals surface area contributed by atoms with Crippen molar-refractivity contribution in [3.05, 3.63) is 29.8 Å². The van der Waals surface area contributed by atoms with E-state index < -0.39 is 0 Å². The standard InChI is InChI=1S/C16H23NO2/c1-3-14(11-17-9-1)13-5-7-15(8-6-13)19-16-4-2-10-18-12-16/h5-8,14,16-17H,1-4,9-12H2. The molecule has 1 N–H and O–H groups in total. The van der Waals surface area contributed by atoms with Crippen LogP contribution in [0.1, 0.15) is 37.2 Å². The average molecular weight is 261 g/mol. The molecule has 3 nitrogen and oxygen atoms in total. The van der Waals surface area contributed by atoms with Crippen molar-refractivity contribution >= 4 is 0 Å². The van der Waals surface area contributed by atoms with Gasteiger partial charge in [-0.25, -0.2) is 0 Å². The van der Waals surface area contributed by atoms with Crippen LogP contribution < -0.4 is 10.1 Å². The molecule has 2 aliphatic heterocycles. The molecule has 2 aliphatic rings. The van der Waals surface area contributed by atoms with Crippen LogP contribution in [0.5, 0.6) is 5.75 Å². The Hall–Kier alpha value is -1.06. The Bertz CT molecular complexity index is 378. The Morgan fingerprint density at radius 3 is 2.68 bits per heavy atom. The van der Waals surface area contributed by atoms with Gasteiger partial charge in [-0.15, -0.1) is 0 Å². The molecule has 0 aromatic heterocycles. The van der Waals surface area contributed by atoms with Crippen LogP contribution in [0.25, 0.3) is 0 Å². The van der Waals surface area contributed by atoms with E-state index in [1.807, 2.05) is 0 Å². The number of hydrogen-bond donors (Lipinski definition) is 1. The van der Waals surface area contributed by atoms with Crippen LogP contribution >= 0.6 is 0 Å². The molecule has 104 valence electrons. The molecular weight excluding hydrogens is 238 g/mol. The van der Waals surface area contributed by atoms with Gasteiger partial charge < -0.3 is 14.8 Å². The van der Waals surface area contributed by atoms with Gasteiger partial charge in [0.2, 0.25) is 0 Å². The molecule has 0 aliphatic carbocycles. The monoisotopic (exact) mass is 261 g/mol. The second kappa shape index (κ2) is 6.40. The summed E-state index contributed by atoms with van der Waals surface area (Å²) >= 11 is 0. The van der Waals surface area contributed by atoms with Crippen molar-refractivity contribution in [1.29, 1.82) is 0 Å². The van der Waals surface area contributed by atoms with Crippen LogP contribution in [0.4, 0.5) is 0 Å². The van der Waals surface area contributed by atoms with Gasteiger partial charge in [-0.05, 0) is 55.8 Å². The first-order valence-electron chi connectivity index (χ1n) is 7.47. The highest BCUT2D eigenvalue weighted by molar-refractivity contribution is 5.30. The van der Waals surface area contributed by atoms with E-state index in [0.29, 0.717) is 5.92 Å². The van der Waals surface area contributed by atoms with E-state index in [-0.39, 0.29) is 6.10 Å². The minimum Gasteiger partial charge on any atom is -0.488 e. The van der Waals surface area contributed by atoms with E-state index in [0.717, 1.165) is 38.3 Å². The van der Waals surface area contributed by atoms with Gasteiger partial charge in [0.05, 0.1) is 6.61 Å². The van der Waals surface area contributed by atoms with Gasteiger partial charge in [-0.3, -0.25) is 0 Å². The predicted molar refractivity (Wildman–Crippen MR) is 75.8 cm³/mol. The zero-order valence-electron chi connectivity index (χ0n) is 11.4. The van der Waals surface area contributed by atoms with Gasteiger partial charge in [0.25, 0.3) is 0 Å². The van der Waals surface area contributed by atoms with Crippen molar-refractivity contribution in [2.75, 3.05) is 26.3 Å². The minimum absolute atomic E-state index is 0.232. The van der Waals surface area contributed by atoms with E-state index in [9.17, 15) is 0 Å². The molecule has 0 amide bonds. The fourth-order valence-corrected chi connectivity index (χ4v) is 2.95. The Balaban J connectivity index is 1.58. The van der Waals surface area contributed by atoms with Crippen molar-refractivity contribution in [2.24, 2.45) is 0 Å². The Morgan fingerprint density at radius 2 is 2.00 bits per heavy atom. The topological polar surface area (TPSA) is 30.5 Å². The van der Waals surface area contributed by atoms with Crippen LogP contribution in [-0.2, 0) is 4.74 Å². The largest absolute Gasteiger partial charge is 0.488 e. The highest BCUT2D eigenvalue weighted by atomic mass is 16.5. The molecule has 3 heteroatoms. The molecule has 1 aromatic rings. The van der Waals surface area contributed by atoms with Crippen LogP contribution in [0.3, 0.4) is 0 Å². The molecule has 1 aromatic carbocycles. The number of piperidine rings is 1. The van der Waals surface area contributed by atoms with Crippen molar-refractivity contribution in [3.63, 3.8) is 0 Å². The SMILES string of the molecule is c1cc(C2CCCNC2)ccc1OC1CCCOC1. The smallest absolute Gasteiger partial charge is 0.122 e. The fourth-order valence-electron chi connectivity index (χ4n) is 2.95. The fraction of sp³-hybridized carbons (Fsp3) is 0.625. The minimum atomic E-state index is 0.232. The normalized spacial score (nSPS) is 28.0. The Kier molecular flexibility index (Phi) is 4.36. The Labute approximate surface area is 115 Å². The molecule has 3 rings (SSSR count). The third-order valence-electron chi connectivity index (χ3n) is 4.07. The van der Waals surface area contributed by atoms with Crippen LogP contribution in [0, 0.1) is 0 Å². The summed E-state index contributed by atoms with van der Waals surface area (Å²) in [7, 11) is 0. The molecule has 0 spiro atoms. The van der Waals surface area contributed by atoms with Crippen molar-refractivity contribution in [3.8, 4) is 5.75 Å². The number of benzene rings is 1. The molecule has 19 heavy (non-hydrogen) atoms. The van der Waals surface area contributed by atoms with Gasteiger partial charge in [0.1, 0.15) is 11.9 Å². The van der Waals surface area contributed by atoms with E-state index in [1.165, 1.54) is 24.9 Å². The number of rotatable bonds is 3. The van der Waals surface area contributed by atoms with Crippen LogP contribution in [-0.4, -0.2) is 32.4 Å². The van der Waals surface area contributed by atoms with Crippen LogP contribution in [0.15, 0.2) is 24.3 Å². The molecule has 2 saturated heterocycles. The zero-order chi connectivity index (χ0) is 12.9. The Morgan fingerprint density at radius 1 is 1.11 bits per heavy atom. The second-order valence-corrected chi connectivity index (χ2v) is 5.57. The number of ether oxygens (including phenoxy) is 2. The maximum absolute atomic E-state index is 5.96. The molecule has 0 bridgehead atoms. The van der Waals surface area contributed by atoms with E-state index in [1.54, 1.807) is 0 Å². The first-order chi connectivity index (χ1) is 9.42. The third-order valence-corrected chi connectivity index (χ3v) is 4.07. The van der Waals surface area contributed by atoms with Crippen molar-refractivity contribution < 1.29 is 9.47 Å². The molecule has 0 saturated carbocycles. The number of nitrogens with one attached hydrogen (secondary N) is 1. The maximum Gasteiger partial charge on any atom is 0.122 e. The first-order valence-corrected chi connectivity index (χ1v) is 7.47. The highest BCUT2D eigenvalue weighted by Crippen LogP contribution is 2.25. The molecule has 2 atom stereocenters. The second-order valence-electron chi connectivity index (χ2n) is 5.57. The summed E-state index contributed by atoms with van der Waals surface area (Å²) in [6.45, 7) is 3.89. The number of hydrogen-bond acceptors (Lipinski definition) is 3. The van der Waals surface area contributed by atoms with E-state index in [2.05, 4.69) is 29.6 Å². The van der Waals surface area contributed by atoms with Gasteiger partial charge in [-0.2, -0.15) is 0 Å². The quantitative estimate of drug-likeness (QED) is 0.907. The predicted octanol–water partition coefficient (Wildman–Crippen LogP) is 2.71. The molecule has 2 fully saturated rings. The van der Waals surface area contributed by atoms with Gasteiger partial charge in [-0.1, -0.05) is 12.1 Å². The lowest BCUT2D eigenvalue weighted by molar-refractivity contribution is 0.00742. The summed E-state index contributed by atoms with van der Waals surface area (Å²) in [6.07, 6.45) is 5.02. The van der Waals surface area contributed by atoms with Crippen molar-refractivity contribution in [1.82, 2.24) is 5.32 Å². The van der Waals surface area contributed by atoms with Gasteiger partial charge in [0.15, 0.2) is 0 Å². The summed E-state index contributed by atoms with van der Waals surface area (Å²) in [6, 6.07) is 8.66.